The van der Waals surface area contributed by atoms with Crippen molar-refractivity contribution < 1.29 is 0 Å². The standard InChI is InChI=1S/4C22H16.C16H14/c1-13-9-11-19-18-8-4-6-16-14(2)10-12-20(22(16)18)17-7-3-5-15(13)21(17)19;1-13-9-11-19-20-12-10-14(2)16-6-4-8-18(22(16)20)17-7-3-5-15(13)21(17)19;1-13-6-8-15-11-20-19-9-7-14(2)17-4-3-5-18(22(17)19)21(20)12-16(15)10-13;1-13-6-8-15-11-20-18-5-3-4-17-14(2)7-9-19(22(17)18)21(20)12-16(15)10-13;1-11-13-7-3-5-9-15(13)12(2)16-10-6-4-8-14(11)16/h4*3-12H,1-2H3;3-10H,1-2H3. The van der Waals surface area contributed by atoms with Crippen LogP contribution in [0.25, 0.3) is 195 Å². The highest BCUT2D eigenvalue weighted by Crippen LogP contribution is 2.52. The maximum absolute atomic E-state index is 2.36. The largest absolute Gasteiger partial charge is 0.0616 e. The van der Waals surface area contributed by atoms with Gasteiger partial charge in [-0.05, 0) is 333 Å². The lowest BCUT2D eigenvalue weighted by molar-refractivity contribution is 1.51. The van der Waals surface area contributed by atoms with Gasteiger partial charge in [0.2, 0.25) is 0 Å². The molecule has 0 amide bonds. The molecule has 0 heteroatoms. The first-order valence-corrected chi connectivity index (χ1v) is 36.9. The zero-order chi connectivity index (χ0) is 70.5. The number of fused-ring (bicyclic) bond motifs is 14. The monoisotopic (exact) mass is 1330 g/mol. The normalized spacial score (nSPS) is 11.9. The first-order chi connectivity index (χ1) is 50.7. The van der Waals surface area contributed by atoms with E-state index in [4.69, 9.17) is 0 Å². The minimum atomic E-state index is 1.32. The lowest BCUT2D eigenvalue weighted by atomic mass is 9.87. The number of benzene rings is 21. The van der Waals surface area contributed by atoms with Crippen molar-refractivity contribution in [2.24, 2.45) is 0 Å². The summed E-state index contributed by atoms with van der Waals surface area (Å²) in [4.78, 5) is 0. The molecule has 0 fully saturated rings. The summed E-state index contributed by atoms with van der Waals surface area (Å²) in [6.07, 6.45) is 0. The first-order valence-electron chi connectivity index (χ1n) is 36.9. The number of rotatable bonds is 0. The molecule has 0 aliphatic heterocycles. The molecule has 2 aliphatic rings. The number of hydrogen-bond acceptors (Lipinski definition) is 0. The first kappa shape index (κ1) is 62.8. The van der Waals surface area contributed by atoms with E-state index in [0.29, 0.717) is 0 Å². The van der Waals surface area contributed by atoms with Crippen LogP contribution in [0.15, 0.2) is 291 Å². The molecule has 0 saturated heterocycles. The Morgan fingerprint density at radius 1 is 0.135 bits per heavy atom. The van der Waals surface area contributed by atoms with Gasteiger partial charge >= 0.3 is 0 Å². The molecule has 0 saturated carbocycles. The molecule has 0 heterocycles. The van der Waals surface area contributed by atoms with E-state index in [1.54, 1.807) is 0 Å². The van der Waals surface area contributed by atoms with Crippen molar-refractivity contribution in [2.75, 3.05) is 0 Å². The van der Waals surface area contributed by atoms with Gasteiger partial charge in [-0.3, -0.25) is 0 Å². The minimum absolute atomic E-state index is 1.32. The molecule has 0 aromatic heterocycles. The summed E-state index contributed by atoms with van der Waals surface area (Å²) < 4.78 is 0. The SMILES string of the molecule is Cc1c2ccccc2c(C)c2ccccc12.Cc1ccc2c3ccc(C)c4cccc(c5cccc1c52)c43.Cc1ccc2c3cccc4c(C)ccc(c5cccc1c52)c43.Cc1ccc2cc3c(cc2c1)-c1ccc(C)c2cccc-3c12.Cc1ccc2cc3c(cc2c1)-c1cccc2c(C)ccc-3c12. The molecule has 0 bridgehead atoms. The predicted octanol–water partition coefficient (Wildman–Crippen LogP) is 29.8. The lowest BCUT2D eigenvalue weighted by Crippen LogP contribution is -1.89. The molecule has 0 N–H and O–H groups in total. The fraction of sp³-hybridized carbons (Fsp3) is 0.0962. The molecule has 23 rings (SSSR count). The van der Waals surface area contributed by atoms with Crippen molar-refractivity contribution in [1.82, 2.24) is 0 Å². The Balaban J connectivity index is 0.0000000898. The second kappa shape index (κ2) is 24.2. The summed E-state index contributed by atoms with van der Waals surface area (Å²) in [7, 11) is 0. The van der Waals surface area contributed by atoms with Gasteiger partial charge in [-0.25, -0.2) is 0 Å². The van der Waals surface area contributed by atoms with Gasteiger partial charge in [0.25, 0.3) is 0 Å². The second-order valence-electron chi connectivity index (χ2n) is 29.8. The number of aryl methyl sites for hydroxylation is 10. The van der Waals surface area contributed by atoms with Crippen molar-refractivity contribution in [3.05, 3.63) is 347 Å². The van der Waals surface area contributed by atoms with Gasteiger partial charge in [0.15, 0.2) is 0 Å². The van der Waals surface area contributed by atoms with Crippen LogP contribution in [-0.2, 0) is 0 Å². The topological polar surface area (TPSA) is 0 Å². The van der Waals surface area contributed by atoms with Gasteiger partial charge < -0.3 is 0 Å². The number of hydrogen-bond donors (Lipinski definition) is 0. The Kier molecular flexibility index (Phi) is 14.6. The summed E-state index contributed by atoms with van der Waals surface area (Å²) >= 11 is 0. The van der Waals surface area contributed by atoms with E-state index >= 15 is 0 Å². The lowest BCUT2D eigenvalue weighted by Gasteiger charge is -2.16. The molecular formula is C104H78. The highest BCUT2D eigenvalue weighted by atomic mass is 14.3. The molecule has 0 spiro atoms. The average Bonchev–Trinajstić information content (AvgIpc) is 1.17. The van der Waals surface area contributed by atoms with E-state index in [-0.39, 0.29) is 0 Å². The molecule has 21 aromatic rings. The van der Waals surface area contributed by atoms with Gasteiger partial charge in [-0.1, -0.05) is 278 Å². The van der Waals surface area contributed by atoms with E-state index in [9.17, 15) is 0 Å². The summed E-state index contributed by atoms with van der Waals surface area (Å²) in [6.45, 7) is 22.0. The van der Waals surface area contributed by atoms with Crippen molar-refractivity contribution in [3.8, 4) is 44.5 Å². The molecule has 0 radical (unpaired) electrons. The smallest absolute Gasteiger partial charge is 0.00237 e. The molecule has 0 nitrogen and oxygen atoms in total. The van der Waals surface area contributed by atoms with Crippen LogP contribution in [0.3, 0.4) is 0 Å². The molecule has 21 aromatic carbocycles. The maximum atomic E-state index is 2.36. The van der Waals surface area contributed by atoms with Crippen LogP contribution in [0.1, 0.15) is 55.6 Å². The van der Waals surface area contributed by atoms with Crippen LogP contribution in [-0.4, -0.2) is 0 Å². The van der Waals surface area contributed by atoms with E-state index in [1.165, 1.54) is 251 Å². The van der Waals surface area contributed by atoms with Gasteiger partial charge in [-0.15, -0.1) is 0 Å². The van der Waals surface area contributed by atoms with Crippen LogP contribution in [0.2, 0.25) is 0 Å². The minimum Gasteiger partial charge on any atom is -0.0616 e. The van der Waals surface area contributed by atoms with Gasteiger partial charge in [0.1, 0.15) is 0 Å². The zero-order valence-electron chi connectivity index (χ0n) is 60.7. The van der Waals surface area contributed by atoms with Crippen LogP contribution < -0.4 is 0 Å². The van der Waals surface area contributed by atoms with Crippen molar-refractivity contribution >= 4 is 151 Å². The predicted molar refractivity (Wildman–Crippen MR) is 456 cm³/mol. The Morgan fingerprint density at radius 2 is 0.356 bits per heavy atom. The third kappa shape index (κ3) is 9.72. The van der Waals surface area contributed by atoms with Crippen LogP contribution in [0.4, 0.5) is 0 Å². The third-order valence-electron chi connectivity index (χ3n) is 23.6. The quantitative estimate of drug-likeness (QED) is 0.105. The molecule has 494 valence electrons. The Morgan fingerprint density at radius 3 is 0.654 bits per heavy atom. The summed E-state index contributed by atoms with van der Waals surface area (Å²) in [6, 6.07) is 108. The van der Waals surface area contributed by atoms with E-state index < -0.39 is 0 Å². The molecule has 104 heavy (non-hydrogen) atoms. The Hall–Kier alpha value is -12.2. The third-order valence-corrected chi connectivity index (χ3v) is 23.6. The van der Waals surface area contributed by atoms with E-state index in [2.05, 4.69) is 360 Å². The van der Waals surface area contributed by atoms with E-state index in [0.717, 1.165) is 0 Å². The molecule has 0 atom stereocenters. The van der Waals surface area contributed by atoms with Crippen LogP contribution in [0.5, 0.6) is 0 Å². The van der Waals surface area contributed by atoms with E-state index in [1.807, 2.05) is 0 Å². The average molecular weight is 1330 g/mol. The molecular weight excluding hydrogens is 1250 g/mol. The van der Waals surface area contributed by atoms with Gasteiger partial charge in [-0.2, -0.15) is 0 Å². The highest BCUT2D eigenvalue weighted by molar-refractivity contribution is 6.35. The Labute approximate surface area is 607 Å². The van der Waals surface area contributed by atoms with Crippen molar-refractivity contribution in [2.45, 2.75) is 69.2 Å². The van der Waals surface area contributed by atoms with Crippen molar-refractivity contribution in [1.29, 1.82) is 0 Å². The second-order valence-corrected chi connectivity index (χ2v) is 29.8. The Bertz CT molecular complexity index is 6530. The fourth-order valence-corrected chi connectivity index (χ4v) is 18.3. The maximum Gasteiger partial charge on any atom is -0.00237 e. The van der Waals surface area contributed by atoms with Crippen LogP contribution >= 0.6 is 0 Å². The summed E-state index contributed by atoms with van der Waals surface area (Å²) in [5, 5.41) is 38.5. The fourth-order valence-electron chi connectivity index (χ4n) is 18.3. The highest BCUT2D eigenvalue weighted by Gasteiger charge is 2.25. The summed E-state index contributed by atoms with van der Waals surface area (Å²) in [5.74, 6) is 0. The molecule has 0 unspecified atom stereocenters. The van der Waals surface area contributed by atoms with Crippen molar-refractivity contribution in [3.63, 3.8) is 0 Å². The molecule has 2 aliphatic carbocycles. The zero-order valence-corrected chi connectivity index (χ0v) is 60.7. The van der Waals surface area contributed by atoms with Crippen LogP contribution in [0, 0.1) is 69.2 Å². The van der Waals surface area contributed by atoms with Gasteiger partial charge in [0.05, 0.1) is 0 Å². The van der Waals surface area contributed by atoms with Gasteiger partial charge in [0, 0.05) is 0 Å². The summed E-state index contributed by atoms with van der Waals surface area (Å²) in [5.41, 5.74) is 24.6.